The van der Waals surface area contributed by atoms with Crippen molar-refractivity contribution in [2.24, 2.45) is 11.8 Å². The van der Waals surface area contributed by atoms with E-state index in [1.165, 1.54) is 17.0 Å². The molecule has 0 N–H and O–H groups in total. The van der Waals surface area contributed by atoms with E-state index in [1.54, 1.807) is 0 Å². The summed E-state index contributed by atoms with van der Waals surface area (Å²) in [4.78, 5) is 28.5. The number of nitrogens with zero attached hydrogens (tertiary/aromatic N) is 3. The number of piperidine rings is 1. The molecule has 8 heteroatoms. The predicted molar refractivity (Wildman–Crippen MR) is 92.9 cm³/mol. The van der Waals surface area contributed by atoms with Crippen molar-refractivity contribution < 1.29 is 23.5 Å². The Labute approximate surface area is 155 Å². The Morgan fingerprint density at radius 3 is 2.73 bits per heavy atom. The van der Waals surface area contributed by atoms with E-state index >= 15 is 0 Å². The van der Waals surface area contributed by atoms with Gasteiger partial charge in [0.15, 0.2) is 11.6 Å². The predicted octanol–water partition coefficient (Wildman–Crippen LogP) is 3.47. The van der Waals surface area contributed by atoms with E-state index in [4.69, 9.17) is 21.9 Å². The summed E-state index contributed by atoms with van der Waals surface area (Å²) < 4.78 is 19.6. The van der Waals surface area contributed by atoms with Crippen LogP contribution in [0.5, 0.6) is 5.75 Å². The van der Waals surface area contributed by atoms with Crippen molar-refractivity contribution in [3.05, 3.63) is 34.1 Å². The SMILES string of the molecule is CC(C)(C)c1cc(F)c(OC(=O)N2C[C@@H]3C[C@H]3[C@@H]2C(=O)C=[N+]=[N-])cc1Cl. The fraction of sp³-hybridized carbons (Fsp3) is 0.500. The van der Waals surface area contributed by atoms with Crippen LogP contribution in [0.4, 0.5) is 9.18 Å². The lowest BCUT2D eigenvalue weighted by Gasteiger charge is -2.25. The maximum absolute atomic E-state index is 14.4. The van der Waals surface area contributed by atoms with Crippen LogP contribution >= 0.6 is 11.6 Å². The molecular formula is C18H19ClFN3O3. The second kappa shape index (κ2) is 6.49. The molecule has 1 aromatic rings. The minimum Gasteiger partial charge on any atom is -0.407 e. The van der Waals surface area contributed by atoms with E-state index in [1.807, 2.05) is 20.8 Å². The number of carbonyl (C=O) groups excluding carboxylic acids is 2. The van der Waals surface area contributed by atoms with E-state index in [0.29, 0.717) is 17.1 Å². The third-order valence-electron chi connectivity index (χ3n) is 4.89. The van der Waals surface area contributed by atoms with Crippen LogP contribution in [0.15, 0.2) is 12.1 Å². The van der Waals surface area contributed by atoms with Gasteiger partial charge in [0.25, 0.3) is 5.78 Å². The highest BCUT2D eigenvalue weighted by Gasteiger charge is 2.57. The Morgan fingerprint density at radius 2 is 2.12 bits per heavy atom. The minimum atomic E-state index is -0.819. The third kappa shape index (κ3) is 3.37. The molecule has 0 aromatic heterocycles. The molecule has 3 rings (SSSR count). The number of ether oxygens (including phenoxy) is 1. The van der Waals surface area contributed by atoms with Gasteiger partial charge < -0.3 is 10.3 Å². The molecule has 1 amide bonds. The van der Waals surface area contributed by atoms with Crippen molar-refractivity contribution in [3.63, 3.8) is 0 Å². The molecule has 0 spiro atoms. The normalized spacial score (nSPS) is 23.9. The third-order valence-corrected chi connectivity index (χ3v) is 5.20. The van der Waals surface area contributed by atoms with Gasteiger partial charge in [-0.1, -0.05) is 32.4 Å². The van der Waals surface area contributed by atoms with E-state index < -0.39 is 23.7 Å². The molecule has 3 atom stereocenters. The minimum absolute atomic E-state index is 0.0322. The zero-order valence-corrected chi connectivity index (χ0v) is 15.5. The number of fused-ring (bicyclic) bond motifs is 1. The number of hydrogen-bond donors (Lipinski definition) is 0. The molecule has 1 saturated heterocycles. The van der Waals surface area contributed by atoms with Crippen LogP contribution in [-0.2, 0) is 10.2 Å². The number of ketones is 1. The molecule has 138 valence electrons. The highest BCUT2D eigenvalue weighted by molar-refractivity contribution is 6.31. The number of amides is 1. The first-order valence-corrected chi connectivity index (χ1v) is 8.70. The van der Waals surface area contributed by atoms with Crippen LogP contribution in [0.3, 0.4) is 0 Å². The molecule has 1 aliphatic carbocycles. The Hall–Kier alpha value is -2.24. The number of likely N-dealkylation sites (tertiary alicyclic amines) is 1. The Kier molecular flexibility index (Phi) is 4.63. The lowest BCUT2D eigenvalue weighted by atomic mass is 9.87. The average Bonchev–Trinajstić information content (AvgIpc) is 3.19. The van der Waals surface area contributed by atoms with Gasteiger partial charge in [0.1, 0.15) is 6.04 Å². The average molecular weight is 380 g/mol. The lowest BCUT2D eigenvalue weighted by molar-refractivity contribution is -0.120. The standard InChI is InChI=1S/C18H19ClFN3O3/c1-18(2,3)11-5-13(20)15(6-12(11)19)26-17(25)23-8-9-4-10(9)16(23)14(24)7-22-21/h5-7,9-10,16H,4,8H2,1-3H3/t9-,10+,16+/m0/s1. The Balaban J connectivity index is 1.81. The van der Waals surface area contributed by atoms with Crippen molar-refractivity contribution in [2.75, 3.05) is 6.54 Å². The zero-order valence-electron chi connectivity index (χ0n) is 14.7. The number of Topliss-reactive ketones (excluding diaryl/α,β-unsaturated/α-hetero) is 1. The molecule has 1 aliphatic heterocycles. The van der Waals surface area contributed by atoms with E-state index in [2.05, 4.69) is 4.79 Å². The smallest absolute Gasteiger partial charge is 0.407 e. The summed E-state index contributed by atoms with van der Waals surface area (Å²) in [6.45, 7) is 6.05. The van der Waals surface area contributed by atoms with Gasteiger partial charge in [-0.15, -0.1) is 0 Å². The summed E-state index contributed by atoms with van der Waals surface area (Å²) in [7, 11) is 0. The molecule has 0 bridgehead atoms. The summed E-state index contributed by atoms with van der Waals surface area (Å²) in [5.41, 5.74) is 8.80. The first-order chi connectivity index (χ1) is 12.1. The molecule has 6 nitrogen and oxygen atoms in total. The van der Waals surface area contributed by atoms with Crippen molar-refractivity contribution in [1.82, 2.24) is 4.90 Å². The number of rotatable bonds is 3. The van der Waals surface area contributed by atoms with Crippen molar-refractivity contribution in [3.8, 4) is 5.75 Å². The van der Waals surface area contributed by atoms with Crippen LogP contribution in [0.25, 0.3) is 5.53 Å². The van der Waals surface area contributed by atoms with Crippen molar-refractivity contribution >= 4 is 29.7 Å². The van der Waals surface area contributed by atoms with Gasteiger partial charge in [-0.05, 0) is 35.3 Å². The second-order valence-electron chi connectivity index (χ2n) is 7.78. The molecule has 2 aliphatic rings. The highest BCUT2D eigenvalue weighted by atomic mass is 35.5. The molecule has 1 saturated carbocycles. The molecule has 1 heterocycles. The first kappa shape index (κ1) is 18.5. The summed E-state index contributed by atoms with van der Waals surface area (Å²) in [6, 6.07) is 1.79. The maximum Gasteiger partial charge on any atom is 0.415 e. The molecule has 1 aromatic carbocycles. The van der Waals surface area contributed by atoms with Gasteiger partial charge in [0.2, 0.25) is 0 Å². The first-order valence-electron chi connectivity index (χ1n) is 8.32. The summed E-state index contributed by atoms with van der Waals surface area (Å²) >= 11 is 6.21. The van der Waals surface area contributed by atoms with E-state index in [-0.39, 0.29) is 23.0 Å². The van der Waals surface area contributed by atoms with Gasteiger partial charge in [-0.2, -0.15) is 4.79 Å². The summed E-state index contributed by atoms with van der Waals surface area (Å²) in [6.07, 6.45) is 0.793. The van der Waals surface area contributed by atoms with Crippen LogP contribution in [-0.4, -0.2) is 40.4 Å². The summed E-state index contributed by atoms with van der Waals surface area (Å²) in [5.74, 6) is -1.20. The van der Waals surface area contributed by atoms with Gasteiger partial charge in [0, 0.05) is 17.6 Å². The van der Waals surface area contributed by atoms with Crippen LogP contribution in [0.1, 0.15) is 32.8 Å². The lowest BCUT2D eigenvalue weighted by Crippen LogP contribution is -2.45. The highest BCUT2D eigenvalue weighted by Crippen LogP contribution is 2.49. The zero-order chi connectivity index (χ0) is 19.2. The number of halogens is 2. The molecule has 0 unspecified atom stereocenters. The fourth-order valence-electron chi connectivity index (χ4n) is 3.49. The van der Waals surface area contributed by atoms with Gasteiger partial charge in [0.05, 0.1) is 0 Å². The molecular weight excluding hydrogens is 361 g/mol. The largest absolute Gasteiger partial charge is 0.415 e. The maximum atomic E-state index is 14.4. The number of carbonyl (C=O) groups is 2. The van der Waals surface area contributed by atoms with Crippen molar-refractivity contribution in [1.29, 1.82) is 0 Å². The van der Waals surface area contributed by atoms with E-state index in [0.717, 1.165) is 12.6 Å². The monoisotopic (exact) mass is 379 g/mol. The van der Waals surface area contributed by atoms with Gasteiger partial charge >= 0.3 is 12.3 Å². The topological polar surface area (TPSA) is 83.0 Å². The van der Waals surface area contributed by atoms with Crippen LogP contribution < -0.4 is 4.74 Å². The molecule has 2 fully saturated rings. The van der Waals surface area contributed by atoms with Gasteiger partial charge in [-0.25, -0.2) is 9.18 Å². The Bertz CT molecular complexity index is 830. The van der Waals surface area contributed by atoms with E-state index in [9.17, 15) is 14.0 Å². The number of hydrogen-bond acceptors (Lipinski definition) is 3. The van der Waals surface area contributed by atoms with Crippen LogP contribution in [0.2, 0.25) is 5.02 Å². The second-order valence-corrected chi connectivity index (χ2v) is 8.19. The molecule has 0 radical (unpaired) electrons. The van der Waals surface area contributed by atoms with Crippen molar-refractivity contribution in [2.45, 2.75) is 38.6 Å². The fourth-order valence-corrected chi connectivity index (χ4v) is 3.92. The molecule has 26 heavy (non-hydrogen) atoms. The summed E-state index contributed by atoms with van der Waals surface area (Å²) in [5, 5.41) is 0.297. The van der Waals surface area contributed by atoms with Crippen LogP contribution in [0, 0.1) is 17.7 Å². The quantitative estimate of drug-likeness (QED) is 0.458. The van der Waals surface area contributed by atoms with Gasteiger partial charge in [-0.3, -0.25) is 9.69 Å². The Morgan fingerprint density at radius 1 is 1.42 bits per heavy atom. The number of benzene rings is 1.